The predicted molar refractivity (Wildman–Crippen MR) is 119 cm³/mol. The van der Waals surface area contributed by atoms with Gasteiger partial charge in [0.25, 0.3) is 5.91 Å². The fourth-order valence-electron chi connectivity index (χ4n) is 3.61. The van der Waals surface area contributed by atoms with Crippen LogP contribution < -0.4 is 4.90 Å². The van der Waals surface area contributed by atoms with Crippen molar-refractivity contribution in [2.75, 3.05) is 4.90 Å². The predicted octanol–water partition coefficient (Wildman–Crippen LogP) is 5.35. The molecule has 1 aromatic heterocycles. The summed E-state index contributed by atoms with van der Waals surface area (Å²) in [6.45, 7) is 3.57. The number of amides is 2. The van der Waals surface area contributed by atoms with E-state index in [1.54, 1.807) is 13.0 Å². The molecule has 0 radical (unpaired) electrons. The Labute approximate surface area is 188 Å². The van der Waals surface area contributed by atoms with Crippen LogP contribution in [0.2, 0.25) is 10.0 Å². The average Bonchev–Trinajstić information content (AvgIpc) is 3.20. The summed E-state index contributed by atoms with van der Waals surface area (Å²) < 4.78 is 7.07. The summed E-state index contributed by atoms with van der Waals surface area (Å²) in [5.74, 6) is -1.38. The van der Waals surface area contributed by atoms with Gasteiger partial charge in [0.15, 0.2) is 0 Å². The molecule has 31 heavy (non-hydrogen) atoms. The molecule has 1 aliphatic heterocycles. The number of ether oxygens (including phenoxy) is 1. The van der Waals surface area contributed by atoms with Crippen LogP contribution in [-0.2, 0) is 16.6 Å². The van der Waals surface area contributed by atoms with E-state index in [4.69, 9.17) is 27.9 Å². The Bertz CT molecular complexity index is 1230. The van der Waals surface area contributed by atoms with Crippen molar-refractivity contribution in [3.8, 4) is 11.3 Å². The number of carbonyl (C=O) groups is 3. The van der Waals surface area contributed by atoms with Crippen molar-refractivity contribution in [1.82, 2.24) is 4.57 Å². The van der Waals surface area contributed by atoms with Gasteiger partial charge in [0, 0.05) is 23.3 Å². The summed E-state index contributed by atoms with van der Waals surface area (Å²) in [7, 11) is 1.83. The monoisotopic (exact) mass is 456 g/mol. The highest BCUT2D eigenvalue weighted by Crippen LogP contribution is 2.36. The van der Waals surface area contributed by atoms with Gasteiger partial charge in [-0.1, -0.05) is 53.5 Å². The number of aryl methyl sites for hydroxylation is 2. The smallest absolute Gasteiger partial charge is 0.422 e. The molecule has 2 heterocycles. The van der Waals surface area contributed by atoms with E-state index in [0.29, 0.717) is 21.8 Å². The Morgan fingerprint density at radius 2 is 1.68 bits per heavy atom. The lowest BCUT2D eigenvalue weighted by Gasteiger charge is -2.14. The highest BCUT2D eigenvalue weighted by atomic mass is 35.5. The number of cyclic esters (lactones) is 1. The number of rotatable bonds is 4. The Kier molecular flexibility index (Phi) is 5.37. The topological polar surface area (TPSA) is 68.6 Å². The zero-order valence-electron chi connectivity index (χ0n) is 17.0. The fourth-order valence-corrected chi connectivity index (χ4v) is 4.08. The Morgan fingerprint density at radius 3 is 2.35 bits per heavy atom. The standard InChI is InChI=1S/C23H18Cl2N2O4/c1-12-9-18(17(25)11-16(12)24)27-22(29)21(31-23(27)30)20(28)15-10-13(2)26(3)19(15)14-7-5-4-6-8-14/h4-11,21H,1-3H3. The minimum Gasteiger partial charge on any atom is -0.427 e. The molecule has 6 nitrogen and oxygen atoms in total. The number of hydrogen-bond acceptors (Lipinski definition) is 4. The molecule has 0 spiro atoms. The highest BCUT2D eigenvalue weighted by Gasteiger charge is 2.47. The van der Waals surface area contributed by atoms with Gasteiger partial charge in [-0.15, -0.1) is 0 Å². The average molecular weight is 457 g/mol. The summed E-state index contributed by atoms with van der Waals surface area (Å²) >= 11 is 12.3. The molecule has 1 atom stereocenters. The molecular formula is C23H18Cl2N2O4. The minimum absolute atomic E-state index is 0.106. The van der Waals surface area contributed by atoms with Crippen molar-refractivity contribution < 1.29 is 19.1 Å². The number of aromatic nitrogens is 1. The number of carbonyl (C=O) groups excluding carboxylic acids is 3. The van der Waals surface area contributed by atoms with E-state index in [1.165, 1.54) is 12.1 Å². The number of hydrogen-bond donors (Lipinski definition) is 0. The van der Waals surface area contributed by atoms with Gasteiger partial charge in [-0.25, -0.2) is 9.69 Å². The lowest BCUT2D eigenvalue weighted by Crippen LogP contribution is -2.35. The van der Waals surface area contributed by atoms with Gasteiger partial charge in [-0.3, -0.25) is 9.59 Å². The first-order chi connectivity index (χ1) is 14.7. The number of Topliss-reactive ketones (excluding diaryl/α,β-unsaturated/α-hetero) is 1. The zero-order valence-corrected chi connectivity index (χ0v) is 18.5. The number of halogens is 2. The first-order valence-electron chi connectivity index (χ1n) is 9.47. The van der Waals surface area contributed by atoms with E-state index in [0.717, 1.165) is 16.2 Å². The molecule has 2 amide bonds. The van der Waals surface area contributed by atoms with E-state index in [1.807, 2.05) is 48.9 Å². The molecule has 1 saturated heterocycles. The van der Waals surface area contributed by atoms with Gasteiger partial charge in [-0.2, -0.15) is 0 Å². The first-order valence-corrected chi connectivity index (χ1v) is 10.2. The second-order valence-electron chi connectivity index (χ2n) is 7.33. The van der Waals surface area contributed by atoms with Crippen LogP contribution in [0.5, 0.6) is 0 Å². The Balaban J connectivity index is 1.74. The Hall–Kier alpha value is -3.09. The number of ketones is 1. The van der Waals surface area contributed by atoms with Crippen molar-refractivity contribution in [3.05, 3.63) is 75.4 Å². The van der Waals surface area contributed by atoms with E-state index in [9.17, 15) is 14.4 Å². The van der Waals surface area contributed by atoms with Crippen molar-refractivity contribution in [2.24, 2.45) is 7.05 Å². The van der Waals surface area contributed by atoms with Gasteiger partial charge in [0.05, 0.1) is 16.4 Å². The summed E-state index contributed by atoms with van der Waals surface area (Å²) in [6.07, 6.45) is -2.55. The molecule has 0 saturated carbocycles. The summed E-state index contributed by atoms with van der Waals surface area (Å²) in [4.78, 5) is 39.8. The van der Waals surface area contributed by atoms with Crippen LogP contribution in [0.15, 0.2) is 48.5 Å². The van der Waals surface area contributed by atoms with Crippen LogP contribution in [-0.4, -0.2) is 28.5 Å². The molecular weight excluding hydrogens is 439 g/mol. The first kappa shape index (κ1) is 21.2. The van der Waals surface area contributed by atoms with Crippen LogP contribution in [0.25, 0.3) is 11.3 Å². The molecule has 8 heteroatoms. The van der Waals surface area contributed by atoms with Crippen molar-refractivity contribution in [1.29, 1.82) is 0 Å². The second kappa shape index (κ2) is 7.87. The molecule has 0 bridgehead atoms. The maximum absolute atomic E-state index is 13.4. The fraction of sp³-hybridized carbons (Fsp3) is 0.174. The summed E-state index contributed by atoms with van der Waals surface area (Å²) in [6, 6.07) is 14.0. The number of benzene rings is 2. The quantitative estimate of drug-likeness (QED) is 0.391. The third-order valence-corrected chi connectivity index (χ3v) is 6.05. The molecule has 0 aliphatic carbocycles. The lowest BCUT2D eigenvalue weighted by atomic mass is 10.0. The summed E-state index contributed by atoms with van der Waals surface area (Å²) in [5, 5.41) is 0.503. The minimum atomic E-state index is -1.59. The summed E-state index contributed by atoms with van der Waals surface area (Å²) in [5.41, 5.74) is 3.34. The maximum atomic E-state index is 13.4. The van der Waals surface area contributed by atoms with Gasteiger partial charge < -0.3 is 9.30 Å². The van der Waals surface area contributed by atoms with E-state index in [2.05, 4.69) is 0 Å². The molecule has 2 aromatic carbocycles. The van der Waals surface area contributed by atoms with Crippen LogP contribution in [0, 0.1) is 13.8 Å². The van der Waals surface area contributed by atoms with E-state index < -0.39 is 23.9 Å². The third kappa shape index (κ3) is 3.52. The van der Waals surface area contributed by atoms with Crippen molar-refractivity contribution >= 4 is 46.7 Å². The maximum Gasteiger partial charge on any atom is 0.422 e. The largest absolute Gasteiger partial charge is 0.427 e. The van der Waals surface area contributed by atoms with Crippen molar-refractivity contribution in [3.63, 3.8) is 0 Å². The van der Waals surface area contributed by atoms with Gasteiger partial charge in [0.1, 0.15) is 0 Å². The van der Waals surface area contributed by atoms with Crippen LogP contribution >= 0.6 is 23.2 Å². The lowest BCUT2D eigenvalue weighted by molar-refractivity contribution is -0.120. The number of anilines is 1. The van der Waals surface area contributed by atoms with Crippen molar-refractivity contribution in [2.45, 2.75) is 20.0 Å². The molecule has 158 valence electrons. The molecule has 0 N–H and O–H groups in total. The van der Waals surface area contributed by atoms with Crippen LogP contribution in [0.4, 0.5) is 10.5 Å². The van der Waals surface area contributed by atoms with E-state index in [-0.39, 0.29) is 10.7 Å². The normalized spacial score (nSPS) is 16.0. The highest BCUT2D eigenvalue weighted by molar-refractivity contribution is 6.39. The number of nitrogens with zero attached hydrogens (tertiary/aromatic N) is 2. The van der Waals surface area contributed by atoms with Gasteiger partial charge >= 0.3 is 6.09 Å². The van der Waals surface area contributed by atoms with E-state index >= 15 is 0 Å². The molecule has 4 rings (SSSR count). The van der Waals surface area contributed by atoms with Gasteiger partial charge in [0.2, 0.25) is 11.9 Å². The molecule has 1 unspecified atom stereocenters. The molecule has 1 fully saturated rings. The van der Waals surface area contributed by atoms with Gasteiger partial charge in [-0.05, 0) is 43.2 Å². The Morgan fingerprint density at radius 1 is 1.00 bits per heavy atom. The van der Waals surface area contributed by atoms with Crippen LogP contribution in [0.1, 0.15) is 21.6 Å². The molecule has 1 aliphatic rings. The molecule has 3 aromatic rings. The van der Waals surface area contributed by atoms with Crippen LogP contribution in [0.3, 0.4) is 0 Å². The second-order valence-corrected chi connectivity index (χ2v) is 8.14. The third-order valence-electron chi connectivity index (χ3n) is 5.34. The SMILES string of the molecule is Cc1cc(N2C(=O)OC(C(=O)c3cc(C)n(C)c3-c3ccccc3)C2=O)c(Cl)cc1Cl. The zero-order chi connectivity index (χ0) is 22.4. The number of imide groups is 1.